The summed E-state index contributed by atoms with van der Waals surface area (Å²) in [6.45, 7) is 2.90. The fourth-order valence-electron chi connectivity index (χ4n) is 4.77. The highest BCUT2D eigenvalue weighted by Gasteiger charge is 2.42. The zero-order valence-corrected chi connectivity index (χ0v) is 17.0. The Morgan fingerprint density at radius 3 is 2.55 bits per heavy atom. The van der Waals surface area contributed by atoms with E-state index in [2.05, 4.69) is 25.1 Å². The standard InChI is InChI=1S/C20H22F3N7O/c1-28-17(31)14-11-25-27-16(14)26-18(28)29-7-3-19(4-8-29)5-9-30(12-19)13-2-6-24-15(10-13)20(21,22)23/h2,6,10-11H,3-5,7-9,12H2,1H3,(H,25,27). The normalized spacial score (nSPS) is 19.0. The zero-order valence-electron chi connectivity index (χ0n) is 17.0. The summed E-state index contributed by atoms with van der Waals surface area (Å²) in [6.07, 6.45) is 0.961. The van der Waals surface area contributed by atoms with E-state index >= 15 is 0 Å². The summed E-state index contributed by atoms with van der Waals surface area (Å²) in [7, 11) is 1.71. The summed E-state index contributed by atoms with van der Waals surface area (Å²) >= 11 is 0. The van der Waals surface area contributed by atoms with Crippen molar-refractivity contribution in [1.29, 1.82) is 0 Å². The van der Waals surface area contributed by atoms with Gasteiger partial charge in [0.1, 0.15) is 11.1 Å². The number of hydrogen-bond donors (Lipinski definition) is 1. The van der Waals surface area contributed by atoms with Crippen molar-refractivity contribution in [2.24, 2.45) is 12.5 Å². The molecular weight excluding hydrogens is 411 g/mol. The van der Waals surface area contributed by atoms with Gasteiger partial charge in [-0.25, -0.2) is 0 Å². The van der Waals surface area contributed by atoms with Crippen molar-refractivity contribution in [3.63, 3.8) is 0 Å². The van der Waals surface area contributed by atoms with E-state index in [0.29, 0.717) is 29.2 Å². The number of rotatable bonds is 2. The van der Waals surface area contributed by atoms with Gasteiger partial charge in [0.05, 0.1) is 6.20 Å². The molecule has 0 atom stereocenters. The Bertz CT molecular complexity index is 1180. The number of nitrogens with zero attached hydrogens (tertiary/aromatic N) is 6. The lowest BCUT2D eigenvalue weighted by Crippen LogP contribution is -2.43. The molecule has 0 saturated carbocycles. The third-order valence-corrected chi connectivity index (χ3v) is 6.61. The third-order valence-electron chi connectivity index (χ3n) is 6.61. The summed E-state index contributed by atoms with van der Waals surface area (Å²) in [5.41, 5.74) is 0.0925. The van der Waals surface area contributed by atoms with Crippen LogP contribution in [0.25, 0.3) is 11.0 Å². The SMILES string of the molecule is Cn1c(N2CCC3(CCN(c4ccnc(C(F)(F)F)c4)C3)CC2)nc2[nH]ncc2c1=O. The first-order chi connectivity index (χ1) is 14.8. The number of halogens is 3. The highest BCUT2D eigenvalue weighted by Crippen LogP contribution is 2.43. The Kier molecular flexibility index (Phi) is 4.45. The van der Waals surface area contributed by atoms with Gasteiger partial charge in [0.2, 0.25) is 5.95 Å². The topological polar surface area (TPSA) is 82.9 Å². The molecule has 2 saturated heterocycles. The second-order valence-electron chi connectivity index (χ2n) is 8.46. The maximum Gasteiger partial charge on any atom is 0.433 e. The Morgan fingerprint density at radius 1 is 1.13 bits per heavy atom. The number of piperidine rings is 1. The van der Waals surface area contributed by atoms with E-state index in [0.717, 1.165) is 45.0 Å². The molecule has 8 nitrogen and oxygen atoms in total. The average molecular weight is 433 g/mol. The van der Waals surface area contributed by atoms with Crippen LogP contribution in [-0.4, -0.2) is 50.9 Å². The Labute approximate surface area is 175 Å². The number of nitrogens with one attached hydrogen (secondary N) is 1. The number of aromatic amines is 1. The van der Waals surface area contributed by atoms with Gasteiger partial charge in [0.15, 0.2) is 5.65 Å². The Balaban J connectivity index is 1.31. The highest BCUT2D eigenvalue weighted by molar-refractivity contribution is 5.73. The molecule has 3 aromatic heterocycles. The second-order valence-corrected chi connectivity index (χ2v) is 8.46. The van der Waals surface area contributed by atoms with Crippen molar-refractivity contribution in [3.8, 4) is 0 Å². The Hall–Kier alpha value is -3.11. The first kappa shape index (κ1) is 19.8. The molecule has 11 heteroatoms. The van der Waals surface area contributed by atoms with Crippen molar-refractivity contribution >= 4 is 22.7 Å². The van der Waals surface area contributed by atoms with E-state index in [1.54, 1.807) is 17.7 Å². The van der Waals surface area contributed by atoms with Gasteiger partial charge in [-0.3, -0.25) is 19.4 Å². The van der Waals surface area contributed by atoms with Crippen LogP contribution >= 0.6 is 0 Å². The molecule has 1 N–H and O–H groups in total. The predicted octanol–water partition coefficient (Wildman–Crippen LogP) is 2.57. The van der Waals surface area contributed by atoms with Gasteiger partial charge < -0.3 is 9.80 Å². The lowest BCUT2D eigenvalue weighted by molar-refractivity contribution is -0.141. The molecule has 0 aromatic carbocycles. The van der Waals surface area contributed by atoms with Crippen molar-refractivity contribution in [2.75, 3.05) is 36.0 Å². The fraction of sp³-hybridized carbons (Fsp3) is 0.500. The van der Waals surface area contributed by atoms with Crippen LogP contribution in [-0.2, 0) is 13.2 Å². The van der Waals surface area contributed by atoms with E-state index in [-0.39, 0.29) is 11.0 Å². The molecule has 5 heterocycles. The molecule has 0 radical (unpaired) electrons. The second kappa shape index (κ2) is 6.96. The molecule has 0 aliphatic carbocycles. The van der Waals surface area contributed by atoms with Gasteiger partial charge in [-0.15, -0.1) is 0 Å². The molecule has 0 unspecified atom stereocenters. The van der Waals surface area contributed by atoms with Gasteiger partial charge in [-0.1, -0.05) is 0 Å². The fourth-order valence-corrected chi connectivity index (χ4v) is 4.77. The number of hydrogen-bond acceptors (Lipinski definition) is 6. The number of anilines is 2. The lowest BCUT2D eigenvalue weighted by Gasteiger charge is -2.40. The monoisotopic (exact) mass is 433 g/mol. The lowest BCUT2D eigenvalue weighted by atomic mass is 9.78. The smallest absolute Gasteiger partial charge is 0.371 e. The average Bonchev–Trinajstić information content (AvgIpc) is 3.39. The van der Waals surface area contributed by atoms with E-state index in [1.807, 2.05) is 4.90 Å². The van der Waals surface area contributed by atoms with E-state index in [9.17, 15) is 18.0 Å². The summed E-state index contributed by atoms with van der Waals surface area (Å²) in [4.78, 5) is 24.7. The van der Waals surface area contributed by atoms with Crippen LogP contribution in [0.5, 0.6) is 0 Å². The zero-order chi connectivity index (χ0) is 21.8. The van der Waals surface area contributed by atoms with Crippen molar-refractivity contribution in [1.82, 2.24) is 24.7 Å². The molecule has 0 bridgehead atoms. The summed E-state index contributed by atoms with van der Waals surface area (Å²) in [5.74, 6) is 0.607. The molecule has 164 valence electrons. The molecule has 2 aliphatic rings. The number of H-pyrrole nitrogens is 1. The van der Waals surface area contributed by atoms with E-state index < -0.39 is 11.9 Å². The van der Waals surface area contributed by atoms with Crippen LogP contribution in [0.3, 0.4) is 0 Å². The summed E-state index contributed by atoms with van der Waals surface area (Å²) in [6, 6.07) is 2.77. The van der Waals surface area contributed by atoms with Gasteiger partial charge >= 0.3 is 6.18 Å². The first-order valence-electron chi connectivity index (χ1n) is 10.2. The highest BCUT2D eigenvalue weighted by atomic mass is 19.4. The number of alkyl halides is 3. The summed E-state index contributed by atoms with van der Waals surface area (Å²) in [5, 5.41) is 7.13. The van der Waals surface area contributed by atoms with E-state index in [4.69, 9.17) is 0 Å². The van der Waals surface area contributed by atoms with Crippen LogP contribution in [0.15, 0.2) is 29.3 Å². The number of pyridine rings is 1. The first-order valence-corrected chi connectivity index (χ1v) is 10.2. The Morgan fingerprint density at radius 2 is 1.84 bits per heavy atom. The minimum Gasteiger partial charge on any atom is -0.371 e. The van der Waals surface area contributed by atoms with Crippen LogP contribution in [0, 0.1) is 5.41 Å². The molecule has 2 fully saturated rings. The van der Waals surface area contributed by atoms with Crippen molar-refractivity contribution in [2.45, 2.75) is 25.4 Å². The molecular formula is C20H22F3N7O. The van der Waals surface area contributed by atoms with Gasteiger partial charge in [0.25, 0.3) is 5.56 Å². The molecule has 3 aromatic rings. The molecule has 31 heavy (non-hydrogen) atoms. The molecule has 5 rings (SSSR count). The van der Waals surface area contributed by atoms with Crippen molar-refractivity contribution in [3.05, 3.63) is 40.6 Å². The number of aromatic nitrogens is 5. The number of fused-ring (bicyclic) bond motifs is 1. The van der Waals surface area contributed by atoms with Crippen molar-refractivity contribution < 1.29 is 13.2 Å². The molecule has 0 amide bonds. The largest absolute Gasteiger partial charge is 0.433 e. The maximum absolute atomic E-state index is 13.0. The minimum atomic E-state index is -4.45. The van der Waals surface area contributed by atoms with Gasteiger partial charge in [-0.05, 0) is 36.8 Å². The van der Waals surface area contributed by atoms with Crippen LogP contribution < -0.4 is 15.4 Å². The third kappa shape index (κ3) is 3.41. The molecule has 1 spiro atoms. The van der Waals surface area contributed by atoms with Crippen LogP contribution in [0.2, 0.25) is 0 Å². The van der Waals surface area contributed by atoms with Crippen LogP contribution in [0.1, 0.15) is 25.0 Å². The van der Waals surface area contributed by atoms with Crippen LogP contribution in [0.4, 0.5) is 24.8 Å². The minimum absolute atomic E-state index is 0.0507. The van der Waals surface area contributed by atoms with E-state index in [1.165, 1.54) is 12.4 Å². The van der Waals surface area contributed by atoms with Gasteiger partial charge in [-0.2, -0.15) is 23.3 Å². The molecule has 2 aliphatic heterocycles. The maximum atomic E-state index is 13.0. The summed E-state index contributed by atoms with van der Waals surface area (Å²) < 4.78 is 40.6. The predicted molar refractivity (Wildman–Crippen MR) is 109 cm³/mol. The quantitative estimate of drug-likeness (QED) is 0.669. The van der Waals surface area contributed by atoms with Gasteiger partial charge in [0, 0.05) is 45.1 Å².